The quantitative estimate of drug-likeness (QED) is 0.184. The molecule has 0 N–H and O–H groups in total. The predicted octanol–water partition coefficient (Wildman–Crippen LogP) is 7.95. The van der Waals surface area contributed by atoms with E-state index in [2.05, 4.69) is 67.9 Å². The Labute approximate surface area is 221 Å². The first-order valence-electron chi connectivity index (χ1n) is 11.8. The van der Waals surface area contributed by atoms with Crippen LogP contribution in [0.2, 0.25) is 0 Å². The van der Waals surface area contributed by atoms with E-state index < -0.39 is 0 Å². The summed E-state index contributed by atoms with van der Waals surface area (Å²) in [5.74, 6) is 0. The summed E-state index contributed by atoms with van der Waals surface area (Å²) in [7, 11) is 0. The van der Waals surface area contributed by atoms with Crippen molar-refractivity contribution in [3.63, 3.8) is 0 Å². The van der Waals surface area contributed by atoms with Gasteiger partial charge in [-0.2, -0.15) is 18.2 Å². The molecule has 5 aromatic rings. The van der Waals surface area contributed by atoms with E-state index in [1.807, 2.05) is 60.7 Å². The Bertz CT molecular complexity index is 1370. The number of anilines is 1. The Morgan fingerprint density at radius 2 is 1.60 bits per heavy atom. The van der Waals surface area contributed by atoms with Crippen LogP contribution in [0.3, 0.4) is 0 Å². The van der Waals surface area contributed by atoms with Crippen molar-refractivity contribution in [3.8, 4) is 11.3 Å². The van der Waals surface area contributed by atoms with Gasteiger partial charge in [0.25, 0.3) is 0 Å². The summed E-state index contributed by atoms with van der Waals surface area (Å²) < 4.78 is 6.18. The number of rotatable bonds is 2. The van der Waals surface area contributed by atoms with Crippen molar-refractivity contribution < 1.29 is 24.5 Å². The smallest absolute Gasteiger partial charge is 0.116 e. The second-order valence-electron chi connectivity index (χ2n) is 10.4. The largest absolute Gasteiger partial charge is 0.514 e. The second-order valence-corrected chi connectivity index (χ2v) is 10.4. The van der Waals surface area contributed by atoms with E-state index in [1.54, 1.807) is 6.20 Å². The summed E-state index contributed by atoms with van der Waals surface area (Å²) in [4.78, 5) is 6.69. The topological polar surface area (TPSA) is 29.3 Å². The van der Waals surface area contributed by atoms with Gasteiger partial charge in [-0.05, 0) is 49.2 Å². The zero-order valence-electron chi connectivity index (χ0n) is 20.6. The van der Waals surface area contributed by atoms with Gasteiger partial charge in [0.05, 0.1) is 0 Å². The molecule has 0 unspecified atom stereocenters. The Balaban J connectivity index is 0.000000189. The summed E-state index contributed by atoms with van der Waals surface area (Å²) in [6.07, 6.45) is 2.96. The third-order valence-electron chi connectivity index (χ3n) is 6.47. The molecule has 1 saturated heterocycles. The molecule has 1 radical (unpaired) electrons. The van der Waals surface area contributed by atoms with Crippen molar-refractivity contribution in [1.29, 1.82) is 0 Å². The number of para-hydroxylation sites is 1. The van der Waals surface area contributed by atoms with E-state index in [9.17, 15) is 0 Å². The fourth-order valence-electron chi connectivity index (χ4n) is 5.30. The maximum Gasteiger partial charge on any atom is 0.116 e. The van der Waals surface area contributed by atoms with Gasteiger partial charge in [-0.1, -0.05) is 49.6 Å². The normalized spacial score (nSPS) is 15.9. The van der Waals surface area contributed by atoms with Crippen molar-refractivity contribution in [2.24, 2.45) is 5.41 Å². The standard InChI is InChI=1S/C20H22NO.C11H8N.Ir/c1-19(2)12-20(3,4)21(13-19)16-10-7-9-15-14-8-5-6-11-17(14)22-18(15)16;1-2-6-10(7-3-1)11-8-4-5-9-12-11;/h5-9,11H,12-13H2,1-4H3;1-6,8-9H;/q2*-1;. The third kappa shape index (κ3) is 5.19. The molecule has 0 bridgehead atoms. The molecule has 3 nitrogen and oxygen atoms in total. The minimum absolute atomic E-state index is 0. The molecule has 0 spiro atoms. The molecule has 4 heteroatoms. The van der Waals surface area contributed by atoms with Gasteiger partial charge in [0.1, 0.15) is 5.58 Å². The van der Waals surface area contributed by atoms with Crippen LogP contribution < -0.4 is 4.90 Å². The number of nitrogens with zero attached hydrogens (tertiary/aromatic N) is 2. The Kier molecular flexibility index (Phi) is 7.17. The summed E-state index contributed by atoms with van der Waals surface area (Å²) in [5.41, 5.74) is 5.46. The van der Waals surface area contributed by atoms with Crippen molar-refractivity contribution in [2.45, 2.75) is 39.7 Å². The Morgan fingerprint density at radius 3 is 2.29 bits per heavy atom. The van der Waals surface area contributed by atoms with E-state index in [0.29, 0.717) is 5.41 Å². The average Bonchev–Trinajstić information content (AvgIpc) is 3.33. The van der Waals surface area contributed by atoms with Crippen LogP contribution in [0.1, 0.15) is 34.1 Å². The van der Waals surface area contributed by atoms with E-state index in [4.69, 9.17) is 4.42 Å². The number of fused-ring (bicyclic) bond motifs is 3. The predicted molar refractivity (Wildman–Crippen MR) is 141 cm³/mol. The fraction of sp³-hybridized carbons (Fsp3) is 0.258. The van der Waals surface area contributed by atoms with Crippen molar-refractivity contribution >= 4 is 27.6 Å². The molecule has 1 aliphatic heterocycles. The molecule has 3 aromatic carbocycles. The number of hydrogen-bond donors (Lipinski definition) is 0. The van der Waals surface area contributed by atoms with E-state index in [0.717, 1.165) is 34.7 Å². The van der Waals surface area contributed by atoms with E-state index >= 15 is 0 Å². The SMILES string of the molecule is CC1(C)CN(c2[c-]ccc3c2oc2ccccc23)C(C)(C)C1.[Ir].[c-]1ccccc1-c1ccccn1. The Hall–Kier alpha value is -2.94. The maximum absolute atomic E-state index is 6.18. The molecule has 1 aliphatic rings. The second kappa shape index (κ2) is 9.97. The first-order chi connectivity index (χ1) is 16.3. The van der Waals surface area contributed by atoms with Gasteiger partial charge in [-0.15, -0.1) is 35.9 Å². The number of pyridine rings is 1. The third-order valence-corrected chi connectivity index (χ3v) is 6.47. The number of aromatic nitrogens is 1. The summed E-state index contributed by atoms with van der Waals surface area (Å²) in [6, 6.07) is 32.7. The molecule has 2 aromatic heterocycles. The molecule has 1 fully saturated rings. The van der Waals surface area contributed by atoms with Crippen LogP contribution in [0.4, 0.5) is 5.69 Å². The van der Waals surface area contributed by atoms with Crippen LogP contribution in [0.15, 0.2) is 89.5 Å². The summed E-state index contributed by atoms with van der Waals surface area (Å²) in [6.45, 7) is 10.3. The molecule has 3 heterocycles. The summed E-state index contributed by atoms with van der Waals surface area (Å²) >= 11 is 0. The van der Waals surface area contributed by atoms with Crippen LogP contribution in [0, 0.1) is 17.5 Å². The molecule has 0 amide bonds. The number of furan rings is 1. The van der Waals surface area contributed by atoms with E-state index in [-0.39, 0.29) is 25.6 Å². The fourth-order valence-corrected chi connectivity index (χ4v) is 5.30. The maximum atomic E-state index is 6.18. The van der Waals surface area contributed by atoms with Crippen LogP contribution in [-0.4, -0.2) is 17.1 Å². The van der Waals surface area contributed by atoms with Gasteiger partial charge in [0.15, 0.2) is 0 Å². The molecule has 35 heavy (non-hydrogen) atoms. The number of benzene rings is 3. The van der Waals surface area contributed by atoms with Crippen LogP contribution in [-0.2, 0) is 20.1 Å². The van der Waals surface area contributed by atoms with Gasteiger partial charge in [0.2, 0.25) is 0 Å². The number of hydrogen-bond acceptors (Lipinski definition) is 3. The van der Waals surface area contributed by atoms with Gasteiger partial charge in [-0.3, -0.25) is 0 Å². The van der Waals surface area contributed by atoms with Gasteiger partial charge in [-0.25, -0.2) is 0 Å². The van der Waals surface area contributed by atoms with Crippen molar-refractivity contribution in [1.82, 2.24) is 4.98 Å². The van der Waals surface area contributed by atoms with Crippen molar-refractivity contribution in [2.75, 3.05) is 11.4 Å². The zero-order chi connectivity index (χ0) is 23.8. The average molecular weight is 639 g/mol. The van der Waals surface area contributed by atoms with E-state index in [1.165, 1.54) is 17.2 Å². The first kappa shape index (κ1) is 25.2. The monoisotopic (exact) mass is 639 g/mol. The molecule has 0 saturated carbocycles. The Morgan fingerprint density at radius 1 is 0.829 bits per heavy atom. The summed E-state index contributed by atoms with van der Waals surface area (Å²) in [5, 5.41) is 2.37. The van der Waals surface area contributed by atoms with Crippen LogP contribution in [0.5, 0.6) is 0 Å². The molecule has 6 rings (SSSR count). The molecular weight excluding hydrogens is 609 g/mol. The van der Waals surface area contributed by atoms with Gasteiger partial charge < -0.3 is 14.3 Å². The first-order valence-corrected chi connectivity index (χ1v) is 11.8. The van der Waals surface area contributed by atoms with Crippen molar-refractivity contribution in [3.05, 3.63) is 97.2 Å². The molecule has 181 valence electrons. The molecule has 0 aliphatic carbocycles. The molecule has 0 atom stereocenters. The van der Waals surface area contributed by atoms with Gasteiger partial charge >= 0.3 is 0 Å². The van der Waals surface area contributed by atoms with Gasteiger partial charge in [0, 0.05) is 49.4 Å². The van der Waals surface area contributed by atoms with Crippen LogP contribution in [0.25, 0.3) is 33.2 Å². The van der Waals surface area contributed by atoms with Crippen LogP contribution >= 0.6 is 0 Å². The minimum Gasteiger partial charge on any atom is -0.514 e. The zero-order valence-corrected chi connectivity index (χ0v) is 23.0. The molecular formula is C31H30IrN2O-2. The minimum atomic E-state index is 0.